The van der Waals surface area contributed by atoms with Crippen LogP contribution in [-0.2, 0) is 6.54 Å². The minimum atomic E-state index is -0.665. The zero-order valence-corrected chi connectivity index (χ0v) is 17.3. The molecule has 0 saturated heterocycles. The van der Waals surface area contributed by atoms with E-state index in [4.69, 9.17) is 23.2 Å². The Hall–Kier alpha value is -2.64. The van der Waals surface area contributed by atoms with Gasteiger partial charge in [0.2, 0.25) is 5.95 Å². The summed E-state index contributed by atoms with van der Waals surface area (Å²) in [5.41, 5.74) is 0.0419. The van der Waals surface area contributed by atoms with Gasteiger partial charge < -0.3 is 5.32 Å². The van der Waals surface area contributed by atoms with Crippen molar-refractivity contribution in [3.8, 4) is 0 Å². The summed E-state index contributed by atoms with van der Waals surface area (Å²) in [7, 11) is 0. The normalized spacial score (nSPS) is 13.9. The molecular weight excluding hydrogens is 418 g/mol. The van der Waals surface area contributed by atoms with Gasteiger partial charge in [-0.05, 0) is 56.2 Å². The summed E-state index contributed by atoms with van der Waals surface area (Å²) < 4.78 is 15.9. The van der Waals surface area contributed by atoms with Gasteiger partial charge in [-0.1, -0.05) is 35.4 Å². The van der Waals surface area contributed by atoms with Crippen LogP contribution in [0.15, 0.2) is 63.5 Å². The number of nitrogens with zero attached hydrogens (tertiary/aromatic N) is 3. The molecule has 0 aliphatic heterocycles. The minimum Gasteiger partial charge on any atom is -0.325 e. The standard InChI is InChI=1S/C20H19Cl2FN4O2/c1-12(2)27-19(28)25-18(24-15-8-9-16(21)17(22)10-15)26(20(27)29)11-13-4-3-5-14(23)7-6-13/h4-10,12H,3,11H2,1-2H3,(H,24,25,28). The average molecular weight is 437 g/mol. The van der Waals surface area contributed by atoms with Crippen molar-refractivity contribution in [2.75, 3.05) is 5.32 Å². The second-order valence-electron chi connectivity index (χ2n) is 6.74. The number of benzene rings is 1. The Bertz CT molecular complexity index is 1150. The van der Waals surface area contributed by atoms with Crippen molar-refractivity contribution in [1.29, 1.82) is 0 Å². The molecule has 3 rings (SSSR count). The van der Waals surface area contributed by atoms with Crippen LogP contribution in [0.25, 0.3) is 0 Å². The maximum absolute atomic E-state index is 13.5. The summed E-state index contributed by atoms with van der Waals surface area (Å²) in [6.45, 7) is 3.57. The van der Waals surface area contributed by atoms with Gasteiger partial charge in [0.05, 0.1) is 16.6 Å². The molecule has 1 N–H and O–H groups in total. The summed E-state index contributed by atoms with van der Waals surface area (Å²) in [5.74, 6) is -0.287. The van der Waals surface area contributed by atoms with E-state index in [1.807, 2.05) is 6.08 Å². The SMILES string of the molecule is CC(C)n1c(=O)nc(Nc2ccc(Cl)c(Cl)c2)n(CC2=CCC=C(F)C=C2)c1=O. The van der Waals surface area contributed by atoms with Crippen molar-refractivity contribution < 1.29 is 4.39 Å². The predicted octanol–water partition coefficient (Wildman–Crippen LogP) is 4.78. The van der Waals surface area contributed by atoms with E-state index in [2.05, 4.69) is 10.3 Å². The first kappa shape index (κ1) is 21.1. The zero-order valence-electron chi connectivity index (χ0n) is 15.8. The lowest BCUT2D eigenvalue weighted by Gasteiger charge is -2.17. The lowest BCUT2D eigenvalue weighted by atomic mass is 10.2. The lowest BCUT2D eigenvalue weighted by Crippen LogP contribution is -2.43. The second kappa shape index (κ2) is 8.80. The van der Waals surface area contributed by atoms with Crippen LogP contribution in [0, 0.1) is 0 Å². The van der Waals surface area contributed by atoms with E-state index in [0.717, 1.165) is 4.57 Å². The number of hydrogen-bond donors (Lipinski definition) is 1. The highest BCUT2D eigenvalue weighted by atomic mass is 35.5. The number of anilines is 2. The van der Waals surface area contributed by atoms with E-state index in [1.54, 1.807) is 38.1 Å². The van der Waals surface area contributed by atoms with Crippen molar-refractivity contribution >= 4 is 34.8 Å². The van der Waals surface area contributed by atoms with Crippen molar-refractivity contribution in [1.82, 2.24) is 14.1 Å². The van der Waals surface area contributed by atoms with Gasteiger partial charge in [-0.25, -0.2) is 18.5 Å². The number of nitrogens with one attached hydrogen (secondary N) is 1. The number of hydrogen-bond acceptors (Lipinski definition) is 4. The van der Waals surface area contributed by atoms with Crippen LogP contribution < -0.4 is 16.7 Å². The third kappa shape index (κ3) is 4.86. The topological polar surface area (TPSA) is 68.9 Å². The van der Waals surface area contributed by atoms with Gasteiger partial charge >= 0.3 is 11.4 Å². The van der Waals surface area contributed by atoms with Crippen LogP contribution in [-0.4, -0.2) is 14.1 Å². The van der Waals surface area contributed by atoms with Gasteiger partial charge in [0, 0.05) is 11.7 Å². The molecule has 0 atom stereocenters. The van der Waals surface area contributed by atoms with Crippen molar-refractivity contribution in [2.45, 2.75) is 32.9 Å². The Kier molecular flexibility index (Phi) is 6.39. The highest BCUT2D eigenvalue weighted by Crippen LogP contribution is 2.26. The first-order chi connectivity index (χ1) is 13.8. The van der Waals surface area contributed by atoms with Gasteiger partial charge in [-0.2, -0.15) is 4.98 Å². The summed E-state index contributed by atoms with van der Waals surface area (Å²) in [6, 6.07) is 4.45. The maximum Gasteiger partial charge on any atom is 0.355 e. The quantitative estimate of drug-likeness (QED) is 0.732. The van der Waals surface area contributed by atoms with E-state index in [-0.39, 0.29) is 24.4 Å². The average Bonchev–Trinajstić information content (AvgIpc) is 2.85. The highest BCUT2D eigenvalue weighted by molar-refractivity contribution is 6.42. The van der Waals surface area contributed by atoms with Crippen LogP contribution >= 0.6 is 23.2 Å². The molecule has 0 amide bonds. The van der Waals surface area contributed by atoms with Crippen LogP contribution in [0.1, 0.15) is 26.3 Å². The second-order valence-corrected chi connectivity index (χ2v) is 7.56. The summed E-state index contributed by atoms with van der Waals surface area (Å²) in [4.78, 5) is 29.5. The molecule has 1 aromatic carbocycles. The zero-order chi connectivity index (χ0) is 21.1. The smallest absolute Gasteiger partial charge is 0.325 e. The predicted molar refractivity (Wildman–Crippen MR) is 114 cm³/mol. The molecule has 0 radical (unpaired) electrons. The van der Waals surface area contributed by atoms with Crippen LogP contribution in [0.2, 0.25) is 10.0 Å². The Morgan fingerprint density at radius 3 is 2.62 bits per heavy atom. The van der Waals surface area contributed by atoms with Crippen LogP contribution in [0.3, 0.4) is 0 Å². The molecule has 1 aliphatic carbocycles. The largest absolute Gasteiger partial charge is 0.355 e. The molecule has 0 fully saturated rings. The van der Waals surface area contributed by atoms with E-state index in [9.17, 15) is 14.0 Å². The van der Waals surface area contributed by atoms with Crippen molar-refractivity contribution in [3.63, 3.8) is 0 Å². The molecular formula is C20H19Cl2FN4O2. The number of aromatic nitrogens is 3. The highest BCUT2D eigenvalue weighted by Gasteiger charge is 2.16. The summed E-state index contributed by atoms with van der Waals surface area (Å²) >= 11 is 12.0. The fourth-order valence-electron chi connectivity index (χ4n) is 2.84. The molecule has 0 unspecified atom stereocenters. The molecule has 0 saturated carbocycles. The fourth-order valence-corrected chi connectivity index (χ4v) is 3.13. The van der Waals surface area contributed by atoms with E-state index in [1.165, 1.54) is 16.7 Å². The molecule has 2 aromatic rings. The number of halogens is 3. The van der Waals surface area contributed by atoms with Gasteiger partial charge in [0.25, 0.3) is 0 Å². The van der Waals surface area contributed by atoms with Crippen molar-refractivity contribution in [2.24, 2.45) is 0 Å². The molecule has 1 aromatic heterocycles. The molecule has 29 heavy (non-hydrogen) atoms. The monoisotopic (exact) mass is 436 g/mol. The Balaban J connectivity index is 2.08. The molecule has 0 spiro atoms. The summed E-state index contributed by atoms with van der Waals surface area (Å²) in [5, 5.41) is 3.65. The Morgan fingerprint density at radius 2 is 1.93 bits per heavy atom. The van der Waals surface area contributed by atoms with Gasteiger partial charge in [-0.3, -0.25) is 4.57 Å². The summed E-state index contributed by atoms with van der Waals surface area (Å²) in [6.07, 6.45) is 6.58. The Morgan fingerprint density at radius 1 is 1.17 bits per heavy atom. The van der Waals surface area contributed by atoms with E-state index >= 15 is 0 Å². The minimum absolute atomic E-state index is 0.0577. The Labute approximate surface area is 176 Å². The first-order valence-corrected chi connectivity index (χ1v) is 9.70. The third-order valence-electron chi connectivity index (χ3n) is 4.28. The molecule has 152 valence electrons. The van der Waals surface area contributed by atoms with E-state index < -0.39 is 11.4 Å². The number of allylic oxidation sites excluding steroid dienone is 6. The fraction of sp³-hybridized carbons (Fsp3) is 0.250. The molecule has 0 bridgehead atoms. The number of rotatable bonds is 5. The van der Waals surface area contributed by atoms with Crippen LogP contribution in [0.4, 0.5) is 16.0 Å². The first-order valence-electron chi connectivity index (χ1n) is 8.94. The lowest BCUT2D eigenvalue weighted by molar-refractivity contribution is 0.497. The molecule has 1 aliphatic rings. The molecule has 6 nitrogen and oxygen atoms in total. The van der Waals surface area contributed by atoms with Gasteiger partial charge in [0.15, 0.2) is 0 Å². The van der Waals surface area contributed by atoms with Gasteiger partial charge in [-0.15, -0.1) is 0 Å². The molecule has 1 heterocycles. The molecule has 9 heteroatoms. The van der Waals surface area contributed by atoms with E-state index in [0.29, 0.717) is 27.7 Å². The van der Waals surface area contributed by atoms with Crippen molar-refractivity contribution in [3.05, 3.63) is 84.9 Å². The third-order valence-corrected chi connectivity index (χ3v) is 5.02. The van der Waals surface area contributed by atoms with Gasteiger partial charge in [0.1, 0.15) is 5.83 Å². The van der Waals surface area contributed by atoms with Crippen LogP contribution in [0.5, 0.6) is 0 Å². The maximum atomic E-state index is 13.5.